The highest BCUT2D eigenvalue weighted by Crippen LogP contribution is 2.08. The summed E-state index contributed by atoms with van der Waals surface area (Å²) in [6, 6.07) is 0. The largest absolute Gasteiger partial charge is 0.292 e. The molecule has 0 saturated heterocycles. The van der Waals surface area contributed by atoms with Crippen molar-refractivity contribution in [2.75, 3.05) is 5.75 Å². The van der Waals surface area contributed by atoms with Crippen LogP contribution in [0.25, 0.3) is 0 Å². The van der Waals surface area contributed by atoms with Crippen LogP contribution in [-0.4, -0.2) is 25.7 Å². The average molecular weight is 175 g/mol. The van der Waals surface area contributed by atoms with Crippen molar-refractivity contribution in [1.29, 1.82) is 0 Å². The van der Waals surface area contributed by atoms with Gasteiger partial charge in [-0.25, -0.2) is 8.42 Å². The first-order valence-electron chi connectivity index (χ1n) is 3.40. The van der Waals surface area contributed by atoms with Crippen LogP contribution in [0.4, 0.5) is 0 Å². The molecular weight excluding hydrogens is 166 g/mol. The lowest BCUT2D eigenvalue weighted by atomic mass is 10.2. The van der Waals surface area contributed by atoms with Gasteiger partial charge in [0.2, 0.25) is 0 Å². The van der Waals surface area contributed by atoms with E-state index in [1.165, 1.54) is 0 Å². The van der Waals surface area contributed by atoms with E-state index in [1.807, 2.05) is 6.92 Å². The molecule has 1 aliphatic heterocycles. The van der Waals surface area contributed by atoms with Gasteiger partial charge in [0, 0.05) is 0 Å². The molecule has 0 atom stereocenters. The van der Waals surface area contributed by atoms with Gasteiger partial charge in [-0.1, -0.05) is 13.3 Å². The zero-order valence-corrected chi connectivity index (χ0v) is 7.02. The van der Waals surface area contributed by atoms with Crippen molar-refractivity contribution in [3.05, 3.63) is 0 Å². The molecule has 0 radical (unpaired) electrons. The predicted molar refractivity (Wildman–Crippen MR) is 41.1 cm³/mol. The standard InChI is InChI=1S/C6H9NO3S/c1-2-3-5-6(8)4-11(9,10)7-5/h2-4H2,1H3. The summed E-state index contributed by atoms with van der Waals surface area (Å²) in [6.07, 6.45) is 1.22. The molecule has 0 spiro atoms. The minimum Gasteiger partial charge on any atom is -0.292 e. The van der Waals surface area contributed by atoms with Gasteiger partial charge in [0.05, 0.1) is 5.71 Å². The molecule has 0 unspecified atom stereocenters. The number of nitrogens with zero attached hydrogens (tertiary/aromatic N) is 1. The molecule has 0 aromatic heterocycles. The molecule has 0 aromatic carbocycles. The van der Waals surface area contributed by atoms with Crippen LogP contribution < -0.4 is 0 Å². The number of hydrogen-bond acceptors (Lipinski definition) is 3. The van der Waals surface area contributed by atoms with Crippen LogP contribution >= 0.6 is 0 Å². The molecular formula is C6H9NO3S. The summed E-state index contributed by atoms with van der Waals surface area (Å²) in [7, 11) is -3.43. The van der Waals surface area contributed by atoms with Gasteiger partial charge in [0.25, 0.3) is 10.0 Å². The second-order valence-corrected chi connectivity index (χ2v) is 4.07. The maximum atomic E-state index is 10.9. The minimum atomic E-state index is -3.43. The Kier molecular flexibility index (Phi) is 2.08. The van der Waals surface area contributed by atoms with Gasteiger partial charge >= 0.3 is 0 Å². The summed E-state index contributed by atoms with van der Waals surface area (Å²) in [5.74, 6) is -0.769. The van der Waals surface area contributed by atoms with Crippen molar-refractivity contribution in [3.8, 4) is 0 Å². The van der Waals surface area contributed by atoms with E-state index in [4.69, 9.17) is 0 Å². The average Bonchev–Trinajstić information content (AvgIpc) is 2.07. The summed E-state index contributed by atoms with van der Waals surface area (Å²) >= 11 is 0. The third-order valence-electron chi connectivity index (χ3n) is 1.37. The van der Waals surface area contributed by atoms with Crippen LogP contribution in [0.2, 0.25) is 0 Å². The Morgan fingerprint density at radius 2 is 2.18 bits per heavy atom. The van der Waals surface area contributed by atoms with Crippen LogP contribution in [0.5, 0.6) is 0 Å². The van der Waals surface area contributed by atoms with Crippen molar-refractivity contribution < 1.29 is 13.2 Å². The fraction of sp³-hybridized carbons (Fsp3) is 0.667. The number of ketones is 1. The van der Waals surface area contributed by atoms with Gasteiger partial charge in [-0.3, -0.25) is 4.79 Å². The highest BCUT2D eigenvalue weighted by atomic mass is 32.2. The van der Waals surface area contributed by atoms with Crippen LogP contribution in [0.15, 0.2) is 4.40 Å². The lowest BCUT2D eigenvalue weighted by Crippen LogP contribution is -2.12. The van der Waals surface area contributed by atoms with Crippen molar-refractivity contribution in [2.24, 2.45) is 4.40 Å². The van der Waals surface area contributed by atoms with E-state index in [-0.39, 0.29) is 11.5 Å². The summed E-state index contributed by atoms with van der Waals surface area (Å²) in [5.41, 5.74) is 0.215. The molecule has 62 valence electrons. The van der Waals surface area contributed by atoms with Gasteiger partial charge < -0.3 is 0 Å². The fourth-order valence-electron chi connectivity index (χ4n) is 0.922. The first kappa shape index (κ1) is 8.39. The first-order valence-corrected chi connectivity index (χ1v) is 5.01. The SMILES string of the molecule is CCCC1=NS(=O)(=O)CC1=O. The van der Waals surface area contributed by atoms with E-state index in [9.17, 15) is 13.2 Å². The van der Waals surface area contributed by atoms with Gasteiger partial charge in [0.15, 0.2) is 5.78 Å². The lowest BCUT2D eigenvalue weighted by molar-refractivity contribution is -0.110. The van der Waals surface area contributed by atoms with E-state index in [1.54, 1.807) is 0 Å². The monoisotopic (exact) mass is 175 g/mol. The van der Waals surface area contributed by atoms with Crippen LogP contribution in [-0.2, 0) is 14.8 Å². The Morgan fingerprint density at radius 1 is 1.55 bits per heavy atom. The number of rotatable bonds is 2. The predicted octanol–water partition coefficient (Wildman–Crippen LogP) is 0.140. The number of carbonyl (C=O) groups excluding carboxylic acids is 1. The normalized spacial score (nSPS) is 21.9. The Labute approximate surface area is 65.4 Å². The van der Waals surface area contributed by atoms with E-state index in [2.05, 4.69) is 4.40 Å². The fourth-order valence-corrected chi connectivity index (χ4v) is 2.01. The molecule has 11 heavy (non-hydrogen) atoms. The summed E-state index contributed by atoms with van der Waals surface area (Å²) in [6.45, 7) is 1.88. The maximum absolute atomic E-state index is 10.9. The van der Waals surface area contributed by atoms with Gasteiger partial charge in [-0.2, -0.15) is 4.40 Å². The Morgan fingerprint density at radius 3 is 2.55 bits per heavy atom. The van der Waals surface area contributed by atoms with Gasteiger partial charge in [-0.05, 0) is 6.42 Å². The van der Waals surface area contributed by atoms with E-state index in [0.29, 0.717) is 6.42 Å². The second kappa shape index (κ2) is 2.73. The molecule has 0 bridgehead atoms. The molecule has 1 heterocycles. The van der Waals surface area contributed by atoms with Crippen LogP contribution in [0, 0.1) is 0 Å². The lowest BCUT2D eigenvalue weighted by Gasteiger charge is -1.89. The van der Waals surface area contributed by atoms with Crippen molar-refractivity contribution in [1.82, 2.24) is 0 Å². The number of hydrogen-bond donors (Lipinski definition) is 0. The first-order chi connectivity index (χ1) is 5.05. The molecule has 1 aliphatic rings. The summed E-state index contributed by atoms with van der Waals surface area (Å²) in [4.78, 5) is 10.9. The van der Waals surface area contributed by atoms with Crippen molar-refractivity contribution in [3.63, 3.8) is 0 Å². The highest BCUT2D eigenvalue weighted by molar-refractivity contribution is 7.91. The number of Topliss-reactive ketones (excluding diaryl/α,β-unsaturated/α-hetero) is 1. The van der Waals surface area contributed by atoms with E-state index in [0.717, 1.165) is 6.42 Å². The van der Waals surface area contributed by atoms with Crippen LogP contribution in [0.3, 0.4) is 0 Å². The highest BCUT2D eigenvalue weighted by Gasteiger charge is 2.27. The summed E-state index contributed by atoms with van der Waals surface area (Å²) < 4.78 is 24.8. The Hall–Kier alpha value is -0.710. The third-order valence-corrected chi connectivity index (χ3v) is 2.50. The zero-order valence-electron chi connectivity index (χ0n) is 6.20. The smallest absolute Gasteiger partial charge is 0.261 e. The number of sulfonamides is 1. The molecule has 4 nitrogen and oxygen atoms in total. The van der Waals surface area contributed by atoms with E-state index < -0.39 is 15.8 Å². The maximum Gasteiger partial charge on any atom is 0.261 e. The van der Waals surface area contributed by atoms with Crippen LogP contribution in [0.1, 0.15) is 19.8 Å². The van der Waals surface area contributed by atoms with Crippen molar-refractivity contribution in [2.45, 2.75) is 19.8 Å². The molecule has 0 saturated carbocycles. The molecule has 0 fully saturated rings. The van der Waals surface area contributed by atoms with Gasteiger partial charge in [-0.15, -0.1) is 0 Å². The quantitative estimate of drug-likeness (QED) is 0.599. The molecule has 1 rings (SSSR count). The second-order valence-electron chi connectivity index (χ2n) is 2.44. The zero-order chi connectivity index (χ0) is 8.48. The Bertz CT molecular complexity index is 302. The van der Waals surface area contributed by atoms with E-state index >= 15 is 0 Å². The third kappa shape index (κ3) is 1.86. The molecule has 0 N–H and O–H groups in total. The molecule has 0 aliphatic carbocycles. The Balaban J connectivity index is 2.89. The van der Waals surface area contributed by atoms with Gasteiger partial charge in [0.1, 0.15) is 5.75 Å². The molecule has 0 aromatic rings. The van der Waals surface area contributed by atoms with Crippen molar-refractivity contribution >= 4 is 21.5 Å². The minimum absolute atomic E-state index is 0.215. The topological polar surface area (TPSA) is 63.6 Å². The summed E-state index contributed by atoms with van der Waals surface area (Å²) in [5, 5.41) is 0. The number of carbonyl (C=O) groups is 1. The molecule has 5 heteroatoms. The molecule has 0 amide bonds.